The maximum absolute atomic E-state index is 6.14. The number of fused-ring (bicyclic) bond motifs is 1. The Labute approximate surface area is 95.6 Å². The van der Waals surface area contributed by atoms with Gasteiger partial charge in [0.25, 0.3) is 0 Å². The molecule has 16 heavy (non-hydrogen) atoms. The van der Waals surface area contributed by atoms with Crippen LogP contribution in [0.25, 0.3) is 0 Å². The van der Waals surface area contributed by atoms with Crippen molar-refractivity contribution in [2.45, 2.75) is 37.4 Å². The molecule has 3 rings (SSSR count). The molecule has 0 bridgehead atoms. The number of rotatable bonds is 1. The van der Waals surface area contributed by atoms with Crippen molar-refractivity contribution in [2.24, 2.45) is 11.7 Å². The summed E-state index contributed by atoms with van der Waals surface area (Å²) in [5, 5.41) is 0. The maximum atomic E-state index is 6.14. The molecule has 86 valence electrons. The van der Waals surface area contributed by atoms with Gasteiger partial charge in [0, 0.05) is 18.3 Å². The lowest BCUT2D eigenvalue weighted by Crippen LogP contribution is -2.48. The number of hydrazine groups is 1. The SMILES string of the molecule is NC1CCCC2C(c3ccccn3)NNC12. The zero-order valence-corrected chi connectivity index (χ0v) is 9.26. The Kier molecular flexibility index (Phi) is 2.63. The topological polar surface area (TPSA) is 63.0 Å². The van der Waals surface area contributed by atoms with Crippen molar-refractivity contribution in [2.75, 3.05) is 0 Å². The molecule has 4 unspecified atom stereocenters. The van der Waals surface area contributed by atoms with Crippen LogP contribution in [0.4, 0.5) is 0 Å². The van der Waals surface area contributed by atoms with Crippen LogP contribution in [0.15, 0.2) is 24.4 Å². The molecule has 2 aliphatic rings. The second-order valence-electron chi connectivity index (χ2n) is 4.81. The monoisotopic (exact) mass is 218 g/mol. The number of aromatic nitrogens is 1. The number of hydrogen-bond donors (Lipinski definition) is 3. The Balaban J connectivity index is 1.83. The first-order valence-corrected chi connectivity index (χ1v) is 6.04. The van der Waals surface area contributed by atoms with Crippen LogP contribution in [-0.4, -0.2) is 17.1 Å². The third-order valence-electron chi connectivity index (χ3n) is 3.84. The highest BCUT2D eigenvalue weighted by molar-refractivity contribution is 5.14. The molecule has 4 heteroatoms. The van der Waals surface area contributed by atoms with Gasteiger partial charge >= 0.3 is 0 Å². The van der Waals surface area contributed by atoms with Gasteiger partial charge in [-0.05, 0) is 30.9 Å². The molecular weight excluding hydrogens is 200 g/mol. The van der Waals surface area contributed by atoms with Crippen molar-refractivity contribution < 1.29 is 0 Å². The van der Waals surface area contributed by atoms with Crippen molar-refractivity contribution in [1.29, 1.82) is 0 Å². The van der Waals surface area contributed by atoms with Crippen molar-refractivity contribution in [3.63, 3.8) is 0 Å². The smallest absolute Gasteiger partial charge is 0.0678 e. The standard InChI is InChI=1S/C12H18N4/c13-9-5-3-4-8-11(9)15-16-12(8)10-6-1-2-7-14-10/h1-2,6-9,11-12,15-16H,3-5,13H2. The van der Waals surface area contributed by atoms with E-state index in [1.54, 1.807) is 0 Å². The van der Waals surface area contributed by atoms with Crippen LogP contribution in [0.5, 0.6) is 0 Å². The Hall–Kier alpha value is -0.970. The summed E-state index contributed by atoms with van der Waals surface area (Å²) in [6.07, 6.45) is 5.45. The summed E-state index contributed by atoms with van der Waals surface area (Å²) in [5.74, 6) is 0.582. The third kappa shape index (κ3) is 1.63. The highest BCUT2D eigenvalue weighted by Crippen LogP contribution is 2.36. The number of pyridine rings is 1. The predicted octanol–water partition coefficient (Wildman–Crippen LogP) is 0.726. The summed E-state index contributed by atoms with van der Waals surface area (Å²) < 4.78 is 0. The van der Waals surface area contributed by atoms with Gasteiger partial charge in [-0.3, -0.25) is 10.4 Å². The van der Waals surface area contributed by atoms with Gasteiger partial charge in [0.1, 0.15) is 0 Å². The summed E-state index contributed by atoms with van der Waals surface area (Å²) in [7, 11) is 0. The Morgan fingerprint density at radius 2 is 2.19 bits per heavy atom. The molecule has 2 heterocycles. The largest absolute Gasteiger partial charge is 0.326 e. The molecule has 0 amide bonds. The minimum Gasteiger partial charge on any atom is -0.326 e. The molecule has 1 saturated carbocycles. The highest BCUT2D eigenvalue weighted by atomic mass is 15.4. The summed E-state index contributed by atoms with van der Waals surface area (Å²) >= 11 is 0. The molecular formula is C12H18N4. The summed E-state index contributed by atoms with van der Waals surface area (Å²) in [6, 6.07) is 7.08. The lowest BCUT2D eigenvalue weighted by molar-refractivity contribution is 0.272. The second kappa shape index (κ2) is 4.13. The minimum atomic E-state index is 0.278. The van der Waals surface area contributed by atoms with Crippen LogP contribution in [-0.2, 0) is 0 Å². The molecule has 4 N–H and O–H groups in total. The van der Waals surface area contributed by atoms with Crippen molar-refractivity contribution in [3.05, 3.63) is 30.1 Å². The molecule has 0 radical (unpaired) electrons. The normalized spacial score (nSPS) is 38.3. The Bertz CT molecular complexity index is 353. The second-order valence-corrected chi connectivity index (χ2v) is 4.81. The van der Waals surface area contributed by atoms with Crippen LogP contribution in [0.3, 0.4) is 0 Å². The predicted molar refractivity (Wildman–Crippen MR) is 62.4 cm³/mol. The van der Waals surface area contributed by atoms with E-state index >= 15 is 0 Å². The van der Waals surface area contributed by atoms with E-state index in [0.717, 1.165) is 12.1 Å². The first kappa shape index (κ1) is 10.2. The fourth-order valence-electron chi connectivity index (χ4n) is 3.00. The summed E-state index contributed by atoms with van der Waals surface area (Å²) in [4.78, 5) is 4.43. The molecule has 2 fully saturated rings. The fourth-order valence-corrected chi connectivity index (χ4v) is 3.00. The van der Waals surface area contributed by atoms with Gasteiger partial charge in [-0.2, -0.15) is 0 Å². The Morgan fingerprint density at radius 1 is 1.25 bits per heavy atom. The summed E-state index contributed by atoms with van der Waals surface area (Å²) in [6.45, 7) is 0. The van der Waals surface area contributed by atoms with Gasteiger partial charge < -0.3 is 5.73 Å². The lowest BCUT2D eigenvalue weighted by atomic mass is 9.78. The third-order valence-corrected chi connectivity index (χ3v) is 3.84. The first-order valence-electron chi connectivity index (χ1n) is 6.04. The maximum Gasteiger partial charge on any atom is 0.0678 e. The molecule has 4 atom stereocenters. The highest BCUT2D eigenvalue weighted by Gasteiger charge is 2.42. The van der Waals surface area contributed by atoms with Gasteiger partial charge in [-0.25, -0.2) is 5.43 Å². The zero-order valence-electron chi connectivity index (χ0n) is 9.26. The van der Waals surface area contributed by atoms with E-state index in [9.17, 15) is 0 Å². The van der Waals surface area contributed by atoms with Crippen LogP contribution in [0.2, 0.25) is 0 Å². The molecule has 1 aliphatic carbocycles. The van der Waals surface area contributed by atoms with Gasteiger partial charge in [0.15, 0.2) is 0 Å². The molecule has 1 aliphatic heterocycles. The van der Waals surface area contributed by atoms with Gasteiger partial charge in [0.2, 0.25) is 0 Å². The molecule has 1 saturated heterocycles. The van der Waals surface area contributed by atoms with Crippen LogP contribution < -0.4 is 16.6 Å². The number of nitrogens with zero attached hydrogens (tertiary/aromatic N) is 1. The van der Waals surface area contributed by atoms with E-state index in [0.29, 0.717) is 18.0 Å². The van der Waals surface area contributed by atoms with E-state index < -0.39 is 0 Å². The molecule has 0 spiro atoms. The van der Waals surface area contributed by atoms with E-state index in [1.165, 1.54) is 12.8 Å². The van der Waals surface area contributed by atoms with E-state index in [2.05, 4.69) is 21.9 Å². The quantitative estimate of drug-likeness (QED) is 0.650. The van der Waals surface area contributed by atoms with Crippen molar-refractivity contribution >= 4 is 0 Å². The number of nitrogens with one attached hydrogen (secondary N) is 2. The van der Waals surface area contributed by atoms with Crippen LogP contribution >= 0.6 is 0 Å². The van der Waals surface area contributed by atoms with Gasteiger partial charge in [-0.15, -0.1) is 0 Å². The average Bonchev–Trinajstić information content (AvgIpc) is 2.75. The number of hydrogen-bond acceptors (Lipinski definition) is 4. The van der Waals surface area contributed by atoms with Crippen LogP contribution in [0.1, 0.15) is 31.0 Å². The zero-order chi connectivity index (χ0) is 11.0. The van der Waals surface area contributed by atoms with Gasteiger partial charge in [0.05, 0.1) is 11.7 Å². The summed E-state index contributed by atoms with van der Waals surface area (Å²) in [5.41, 5.74) is 14.0. The van der Waals surface area contributed by atoms with Gasteiger partial charge in [-0.1, -0.05) is 12.5 Å². The van der Waals surface area contributed by atoms with E-state index in [-0.39, 0.29) is 6.04 Å². The first-order chi connectivity index (χ1) is 7.86. The fraction of sp³-hybridized carbons (Fsp3) is 0.583. The van der Waals surface area contributed by atoms with Crippen molar-refractivity contribution in [1.82, 2.24) is 15.8 Å². The van der Waals surface area contributed by atoms with Crippen LogP contribution in [0, 0.1) is 5.92 Å². The van der Waals surface area contributed by atoms with E-state index in [4.69, 9.17) is 5.73 Å². The average molecular weight is 218 g/mol. The molecule has 1 aromatic rings. The molecule has 4 nitrogen and oxygen atoms in total. The van der Waals surface area contributed by atoms with Crippen molar-refractivity contribution in [3.8, 4) is 0 Å². The molecule has 1 aromatic heterocycles. The Morgan fingerprint density at radius 3 is 3.00 bits per heavy atom. The lowest BCUT2D eigenvalue weighted by Gasteiger charge is -2.31. The number of nitrogens with two attached hydrogens (primary N) is 1. The van der Waals surface area contributed by atoms with E-state index in [1.807, 2.05) is 18.3 Å². The minimum absolute atomic E-state index is 0.278. The molecule has 0 aromatic carbocycles.